The molecule has 0 spiro atoms. The van der Waals surface area contributed by atoms with Gasteiger partial charge in [-0.1, -0.05) is 41.0 Å². The first-order valence-electron chi connectivity index (χ1n) is 4.29. The Morgan fingerprint density at radius 1 is 0.933 bits per heavy atom. The largest absolute Gasteiger partial charge is 0.265 e. The Hall–Kier alpha value is -0.700. The number of benzene rings is 1. The van der Waals surface area contributed by atoms with Crippen LogP contribution in [0.25, 0.3) is 0 Å². The Labute approximate surface area is 102 Å². The highest BCUT2D eigenvalue weighted by molar-refractivity contribution is 7.99. The van der Waals surface area contributed by atoms with Crippen molar-refractivity contribution >= 4 is 35.0 Å². The molecule has 76 valence electrons. The van der Waals surface area contributed by atoms with Crippen LogP contribution < -0.4 is 0 Å². The third-order valence-electron chi connectivity index (χ3n) is 1.79. The van der Waals surface area contributed by atoms with E-state index in [2.05, 4.69) is 4.98 Å². The van der Waals surface area contributed by atoms with Crippen LogP contribution >= 0.6 is 35.0 Å². The second-order valence-corrected chi connectivity index (χ2v) is 4.73. The molecule has 0 saturated heterocycles. The van der Waals surface area contributed by atoms with Crippen LogP contribution in [0.4, 0.5) is 0 Å². The van der Waals surface area contributed by atoms with Crippen LogP contribution in [0, 0.1) is 0 Å². The predicted octanol–water partition coefficient (Wildman–Crippen LogP) is 4.54. The molecule has 1 aromatic heterocycles. The van der Waals surface area contributed by atoms with Gasteiger partial charge in [0.15, 0.2) is 0 Å². The first-order chi connectivity index (χ1) is 7.27. The number of rotatable bonds is 2. The molecule has 0 aliphatic carbocycles. The third-order valence-corrected chi connectivity index (χ3v) is 3.79. The van der Waals surface area contributed by atoms with Gasteiger partial charge in [0, 0.05) is 22.2 Å². The molecule has 0 unspecified atom stereocenters. The van der Waals surface area contributed by atoms with Crippen LogP contribution in [-0.2, 0) is 0 Å². The van der Waals surface area contributed by atoms with Crippen LogP contribution in [0.3, 0.4) is 0 Å². The fourth-order valence-corrected chi connectivity index (χ4v) is 2.56. The fourth-order valence-electron chi connectivity index (χ4n) is 1.10. The molecule has 2 aromatic rings. The van der Waals surface area contributed by atoms with Crippen molar-refractivity contribution in [2.45, 2.75) is 9.79 Å². The van der Waals surface area contributed by atoms with Crippen molar-refractivity contribution in [2.75, 3.05) is 0 Å². The minimum atomic E-state index is 0.671. The summed E-state index contributed by atoms with van der Waals surface area (Å²) in [4.78, 5) is 5.90. The molecule has 0 radical (unpaired) electrons. The van der Waals surface area contributed by atoms with E-state index in [0.717, 1.165) is 9.79 Å². The Balaban J connectivity index is 2.32. The first kappa shape index (κ1) is 10.8. The molecule has 0 aliphatic heterocycles. The highest BCUT2D eigenvalue weighted by Gasteiger charge is 2.06. The number of hydrogen-bond acceptors (Lipinski definition) is 2. The highest BCUT2D eigenvalue weighted by Crippen LogP contribution is 2.37. The van der Waals surface area contributed by atoms with Gasteiger partial charge < -0.3 is 0 Å². The second-order valence-electron chi connectivity index (χ2n) is 2.84. The lowest BCUT2D eigenvalue weighted by atomic mass is 10.4. The maximum absolute atomic E-state index is 6.06. The molecule has 15 heavy (non-hydrogen) atoms. The summed E-state index contributed by atoms with van der Waals surface area (Å²) < 4.78 is 0. The number of hydrogen-bond donors (Lipinski definition) is 0. The van der Waals surface area contributed by atoms with Crippen molar-refractivity contribution in [1.29, 1.82) is 0 Å². The quantitative estimate of drug-likeness (QED) is 0.782. The van der Waals surface area contributed by atoms with Crippen LogP contribution in [-0.4, -0.2) is 4.98 Å². The van der Waals surface area contributed by atoms with Crippen molar-refractivity contribution in [3.63, 3.8) is 0 Å². The van der Waals surface area contributed by atoms with Crippen LogP contribution in [0.5, 0.6) is 0 Å². The predicted molar refractivity (Wildman–Crippen MR) is 64.8 cm³/mol. The van der Waals surface area contributed by atoms with Gasteiger partial charge in [-0.15, -0.1) is 0 Å². The number of aromatic nitrogens is 1. The van der Waals surface area contributed by atoms with Gasteiger partial charge in [-0.25, -0.2) is 0 Å². The van der Waals surface area contributed by atoms with Gasteiger partial charge in [0.1, 0.15) is 0 Å². The normalized spacial score (nSPS) is 10.3. The Kier molecular flexibility index (Phi) is 3.52. The smallest absolute Gasteiger partial charge is 0.0560 e. The molecule has 0 amide bonds. The lowest BCUT2D eigenvalue weighted by molar-refractivity contribution is 1.26. The van der Waals surface area contributed by atoms with Gasteiger partial charge >= 0.3 is 0 Å². The Morgan fingerprint density at radius 3 is 2.13 bits per heavy atom. The summed E-state index contributed by atoms with van der Waals surface area (Å²) >= 11 is 13.7. The summed E-state index contributed by atoms with van der Waals surface area (Å²) in [6.07, 6.45) is 3.49. The van der Waals surface area contributed by atoms with Crippen molar-refractivity contribution < 1.29 is 0 Å². The summed E-state index contributed by atoms with van der Waals surface area (Å²) in [6, 6.07) is 9.34. The third kappa shape index (κ3) is 2.65. The monoisotopic (exact) mass is 255 g/mol. The molecule has 1 nitrogen and oxygen atoms in total. The molecule has 0 bridgehead atoms. The number of pyridine rings is 1. The average Bonchev–Trinajstić information content (AvgIpc) is 2.25. The van der Waals surface area contributed by atoms with E-state index < -0.39 is 0 Å². The topological polar surface area (TPSA) is 12.9 Å². The van der Waals surface area contributed by atoms with Crippen molar-refractivity contribution in [3.05, 3.63) is 52.8 Å². The van der Waals surface area contributed by atoms with E-state index in [-0.39, 0.29) is 0 Å². The molecule has 1 heterocycles. The van der Waals surface area contributed by atoms with Gasteiger partial charge in [0.2, 0.25) is 0 Å². The van der Waals surface area contributed by atoms with E-state index in [1.807, 2.05) is 30.3 Å². The standard InChI is InChI=1S/C11H7Cl2NS/c12-9-2-1-3-10(13)11(9)15-8-4-6-14-7-5-8/h1-7H. The fraction of sp³-hybridized carbons (Fsp3) is 0. The highest BCUT2D eigenvalue weighted by atomic mass is 35.5. The molecule has 2 rings (SSSR count). The number of halogens is 2. The van der Waals surface area contributed by atoms with E-state index in [1.54, 1.807) is 12.4 Å². The van der Waals surface area contributed by atoms with Gasteiger partial charge in [-0.3, -0.25) is 4.98 Å². The number of nitrogens with zero attached hydrogens (tertiary/aromatic N) is 1. The summed E-state index contributed by atoms with van der Waals surface area (Å²) in [5.41, 5.74) is 0. The molecular formula is C11H7Cl2NS. The van der Waals surface area contributed by atoms with E-state index in [1.165, 1.54) is 11.8 Å². The Bertz CT molecular complexity index is 439. The van der Waals surface area contributed by atoms with E-state index in [0.29, 0.717) is 10.0 Å². The molecule has 0 saturated carbocycles. The zero-order valence-electron chi connectivity index (χ0n) is 7.65. The van der Waals surface area contributed by atoms with E-state index >= 15 is 0 Å². The van der Waals surface area contributed by atoms with Gasteiger partial charge in [0.25, 0.3) is 0 Å². The van der Waals surface area contributed by atoms with Gasteiger partial charge in [-0.2, -0.15) is 0 Å². The zero-order chi connectivity index (χ0) is 10.7. The molecule has 4 heteroatoms. The Morgan fingerprint density at radius 2 is 1.53 bits per heavy atom. The van der Waals surface area contributed by atoms with Crippen molar-refractivity contribution in [2.24, 2.45) is 0 Å². The van der Waals surface area contributed by atoms with Crippen LogP contribution in [0.2, 0.25) is 10.0 Å². The van der Waals surface area contributed by atoms with Crippen LogP contribution in [0.1, 0.15) is 0 Å². The van der Waals surface area contributed by atoms with E-state index in [9.17, 15) is 0 Å². The lowest BCUT2D eigenvalue weighted by Crippen LogP contribution is -1.78. The summed E-state index contributed by atoms with van der Waals surface area (Å²) in [5.74, 6) is 0. The van der Waals surface area contributed by atoms with Crippen molar-refractivity contribution in [3.8, 4) is 0 Å². The molecular weight excluding hydrogens is 249 g/mol. The maximum atomic E-state index is 6.06. The van der Waals surface area contributed by atoms with Crippen LogP contribution in [0.15, 0.2) is 52.5 Å². The minimum Gasteiger partial charge on any atom is -0.265 e. The molecule has 0 fully saturated rings. The summed E-state index contributed by atoms with van der Waals surface area (Å²) in [7, 11) is 0. The average molecular weight is 256 g/mol. The molecule has 0 aliphatic rings. The molecule has 0 atom stereocenters. The minimum absolute atomic E-state index is 0.671. The van der Waals surface area contributed by atoms with Gasteiger partial charge in [-0.05, 0) is 24.3 Å². The second kappa shape index (κ2) is 4.88. The van der Waals surface area contributed by atoms with E-state index in [4.69, 9.17) is 23.2 Å². The molecule has 1 aromatic carbocycles. The summed E-state index contributed by atoms with van der Waals surface area (Å²) in [5, 5.41) is 1.34. The maximum Gasteiger partial charge on any atom is 0.0560 e. The van der Waals surface area contributed by atoms with Gasteiger partial charge in [0.05, 0.1) is 10.0 Å². The lowest BCUT2D eigenvalue weighted by Gasteiger charge is -2.05. The first-order valence-corrected chi connectivity index (χ1v) is 5.86. The summed E-state index contributed by atoms with van der Waals surface area (Å²) in [6.45, 7) is 0. The molecule has 0 N–H and O–H groups in total. The van der Waals surface area contributed by atoms with Crippen molar-refractivity contribution in [1.82, 2.24) is 4.98 Å². The zero-order valence-corrected chi connectivity index (χ0v) is 9.98. The SMILES string of the molecule is Clc1cccc(Cl)c1Sc1ccncc1.